The first kappa shape index (κ1) is 23.6. The largest absolute Gasteiger partial charge is 0.482 e. The van der Waals surface area contributed by atoms with Crippen LogP contribution in [0.4, 0.5) is 5.69 Å². The first-order valence-electron chi connectivity index (χ1n) is 12.0. The molecule has 5 rings (SSSR count). The number of likely N-dealkylation sites (tertiary alicyclic amines) is 1. The third-order valence-electron chi connectivity index (χ3n) is 6.34. The highest BCUT2D eigenvalue weighted by molar-refractivity contribution is 8.00. The number of hydrogen-bond acceptors (Lipinski definition) is 7. The van der Waals surface area contributed by atoms with Crippen molar-refractivity contribution in [2.24, 2.45) is 0 Å². The number of thioether (sulfide) groups is 1. The van der Waals surface area contributed by atoms with Gasteiger partial charge in [-0.3, -0.25) is 14.5 Å². The topological polar surface area (TPSA) is 89.4 Å². The molecular weight excluding hydrogens is 462 g/mol. The Kier molecular flexibility index (Phi) is 7.15. The second kappa shape index (κ2) is 10.6. The molecule has 182 valence electrons. The SMILES string of the molecule is CC(Sc1nnc(CN2CCCCC2)n1Cc1ccccc1)C(=O)c1ccc2c(c1)NC(=O)CO2. The second-order valence-corrected chi connectivity index (χ2v) is 10.3. The van der Waals surface area contributed by atoms with Crippen LogP contribution in [0, 0.1) is 0 Å². The van der Waals surface area contributed by atoms with Gasteiger partial charge in [-0.15, -0.1) is 10.2 Å². The maximum Gasteiger partial charge on any atom is 0.262 e. The average molecular weight is 492 g/mol. The van der Waals surface area contributed by atoms with Crippen LogP contribution in [0.15, 0.2) is 53.7 Å². The van der Waals surface area contributed by atoms with Crippen molar-refractivity contribution in [3.63, 3.8) is 0 Å². The van der Waals surface area contributed by atoms with Crippen molar-refractivity contribution in [3.8, 4) is 5.75 Å². The molecule has 3 heterocycles. The number of hydrogen-bond donors (Lipinski definition) is 1. The molecule has 3 aromatic rings. The van der Waals surface area contributed by atoms with Gasteiger partial charge in [-0.05, 0) is 56.6 Å². The van der Waals surface area contributed by atoms with Crippen LogP contribution in [0.1, 0.15) is 47.9 Å². The lowest BCUT2D eigenvalue weighted by Gasteiger charge is -2.26. The van der Waals surface area contributed by atoms with E-state index in [9.17, 15) is 9.59 Å². The smallest absolute Gasteiger partial charge is 0.262 e. The number of carbonyl (C=O) groups excluding carboxylic acids is 2. The number of benzene rings is 2. The monoisotopic (exact) mass is 491 g/mol. The molecule has 1 aromatic heterocycles. The van der Waals surface area contributed by atoms with Crippen LogP contribution in [0.3, 0.4) is 0 Å². The summed E-state index contributed by atoms with van der Waals surface area (Å²) in [5.74, 6) is 1.24. The van der Waals surface area contributed by atoms with Gasteiger partial charge in [0.05, 0.1) is 24.0 Å². The van der Waals surface area contributed by atoms with E-state index in [2.05, 4.69) is 37.1 Å². The Labute approximate surface area is 209 Å². The summed E-state index contributed by atoms with van der Waals surface area (Å²) in [6.07, 6.45) is 3.71. The Morgan fingerprint density at radius 1 is 1.09 bits per heavy atom. The van der Waals surface area contributed by atoms with Crippen molar-refractivity contribution in [1.29, 1.82) is 0 Å². The average Bonchev–Trinajstić information content (AvgIpc) is 3.24. The van der Waals surface area contributed by atoms with Gasteiger partial charge in [0.15, 0.2) is 17.5 Å². The highest BCUT2D eigenvalue weighted by Gasteiger charge is 2.24. The first-order valence-corrected chi connectivity index (χ1v) is 12.9. The minimum Gasteiger partial charge on any atom is -0.482 e. The molecule has 1 N–H and O–H groups in total. The molecule has 1 amide bonds. The summed E-state index contributed by atoms with van der Waals surface area (Å²) >= 11 is 1.42. The molecule has 2 aromatic carbocycles. The van der Waals surface area contributed by atoms with E-state index in [-0.39, 0.29) is 23.5 Å². The summed E-state index contributed by atoms with van der Waals surface area (Å²) in [5, 5.41) is 12.1. The van der Waals surface area contributed by atoms with Gasteiger partial charge < -0.3 is 14.6 Å². The Morgan fingerprint density at radius 2 is 1.89 bits per heavy atom. The fraction of sp³-hybridized carbons (Fsp3) is 0.385. The van der Waals surface area contributed by atoms with Gasteiger partial charge in [0.25, 0.3) is 5.91 Å². The Balaban J connectivity index is 1.36. The van der Waals surface area contributed by atoms with Gasteiger partial charge in [0.2, 0.25) is 0 Å². The molecule has 1 unspecified atom stereocenters. The third kappa shape index (κ3) is 5.57. The van der Waals surface area contributed by atoms with Crippen molar-refractivity contribution in [2.45, 2.75) is 49.7 Å². The number of nitrogens with one attached hydrogen (secondary N) is 1. The maximum atomic E-state index is 13.3. The van der Waals surface area contributed by atoms with E-state index >= 15 is 0 Å². The van der Waals surface area contributed by atoms with E-state index in [4.69, 9.17) is 4.74 Å². The zero-order chi connectivity index (χ0) is 24.2. The molecular formula is C26H29N5O3S. The second-order valence-electron chi connectivity index (χ2n) is 8.98. The summed E-state index contributed by atoms with van der Waals surface area (Å²) < 4.78 is 7.55. The summed E-state index contributed by atoms with van der Waals surface area (Å²) in [6.45, 7) is 5.44. The standard InChI is InChI=1S/C26H29N5O3S/c1-18(25(33)20-10-11-22-21(14-20)27-24(32)17-34-22)35-26-29-28-23(16-30-12-6-3-7-13-30)31(26)15-19-8-4-2-5-9-19/h2,4-5,8-11,14,18H,3,6-7,12-13,15-17H2,1H3,(H,27,32). The van der Waals surface area contributed by atoms with Gasteiger partial charge >= 0.3 is 0 Å². The number of ether oxygens (including phenoxy) is 1. The fourth-order valence-corrected chi connectivity index (χ4v) is 5.39. The lowest BCUT2D eigenvalue weighted by atomic mass is 10.1. The summed E-state index contributed by atoms with van der Waals surface area (Å²) in [5.41, 5.74) is 2.22. The van der Waals surface area contributed by atoms with Crippen LogP contribution >= 0.6 is 11.8 Å². The van der Waals surface area contributed by atoms with E-state index in [1.807, 2.05) is 25.1 Å². The fourth-order valence-electron chi connectivity index (χ4n) is 4.45. The number of rotatable bonds is 8. The quantitative estimate of drug-likeness (QED) is 0.376. The Hall–Kier alpha value is -3.17. The predicted molar refractivity (Wildman–Crippen MR) is 135 cm³/mol. The summed E-state index contributed by atoms with van der Waals surface area (Å²) in [6, 6.07) is 15.4. The number of fused-ring (bicyclic) bond motifs is 1. The van der Waals surface area contributed by atoms with Crippen molar-refractivity contribution < 1.29 is 14.3 Å². The molecule has 0 aliphatic carbocycles. The van der Waals surface area contributed by atoms with Crippen LogP contribution in [0.25, 0.3) is 0 Å². The van der Waals surface area contributed by atoms with Crippen LogP contribution in [-0.2, 0) is 17.9 Å². The molecule has 0 saturated carbocycles. The molecule has 2 aliphatic rings. The molecule has 0 bridgehead atoms. The zero-order valence-corrected chi connectivity index (χ0v) is 20.6. The minimum absolute atomic E-state index is 0.0105. The van der Waals surface area contributed by atoms with Crippen molar-refractivity contribution in [1.82, 2.24) is 19.7 Å². The number of carbonyl (C=O) groups is 2. The van der Waals surface area contributed by atoms with Gasteiger partial charge in [-0.2, -0.15) is 0 Å². The minimum atomic E-state index is -0.380. The number of piperidine rings is 1. The lowest BCUT2D eigenvalue weighted by molar-refractivity contribution is -0.118. The van der Waals surface area contributed by atoms with Gasteiger partial charge in [-0.1, -0.05) is 48.5 Å². The van der Waals surface area contributed by atoms with Gasteiger partial charge in [0.1, 0.15) is 11.6 Å². The summed E-state index contributed by atoms with van der Waals surface area (Å²) in [7, 11) is 0. The predicted octanol–water partition coefficient (Wildman–Crippen LogP) is 4.01. The third-order valence-corrected chi connectivity index (χ3v) is 7.42. The van der Waals surface area contributed by atoms with E-state index in [0.717, 1.165) is 30.6 Å². The van der Waals surface area contributed by atoms with Gasteiger partial charge in [0, 0.05) is 5.56 Å². The van der Waals surface area contributed by atoms with Crippen molar-refractivity contribution >= 4 is 29.1 Å². The van der Waals surface area contributed by atoms with E-state index in [1.54, 1.807) is 18.2 Å². The number of ketones is 1. The van der Waals surface area contributed by atoms with Crippen LogP contribution in [0.2, 0.25) is 0 Å². The normalized spacial score (nSPS) is 16.8. The van der Waals surface area contributed by atoms with E-state index in [1.165, 1.54) is 36.6 Å². The van der Waals surface area contributed by atoms with E-state index in [0.29, 0.717) is 23.5 Å². The number of anilines is 1. The molecule has 1 fully saturated rings. The van der Waals surface area contributed by atoms with Crippen LogP contribution in [-0.4, -0.2) is 56.3 Å². The number of amides is 1. The number of nitrogens with zero attached hydrogens (tertiary/aromatic N) is 4. The molecule has 35 heavy (non-hydrogen) atoms. The molecule has 1 saturated heterocycles. The van der Waals surface area contributed by atoms with Crippen molar-refractivity contribution in [2.75, 3.05) is 25.0 Å². The number of Topliss-reactive ketones (excluding diaryl/α,β-unsaturated/α-hetero) is 1. The van der Waals surface area contributed by atoms with Crippen LogP contribution < -0.4 is 10.1 Å². The molecule has 0 spiro atoms. The zero-order valence-electron chi connectivity index (χ0n) is 19.8. The molecule has 9 heteroatoms. The first-order chi connectivity index (χ1) is 17.1. The molecule has 2 aliphatic heterocycles. The molecule has 8 nitrogen and oxygen atoms in total. The highest BCUT2D eigenvalue weighted by Crippen LogP contribution is 2.31. The molecule has 1 atom stereocenters. The molecule has 0 radical (unpaired) electrons. The van der Waals surface area contributed by atoms with E-state index < -0.39 is 0 Å². The Morgan fingerprint density at radius 3 is 2.69 bits per heavy atom. The number of aromatic nitrogens is 3. The maximum absolute atomic E-state index is 13.3. The lowest BCUT2D eigenvalue weighted by Crippen LogP contribution is -2.30. The van der Waals surface area contributed by atoms with Crippen LogP contribution in [0.5, 0.6) is 5.75 Å². The van der Waals surface area contributed by atoms with Crippen molar-refractivity contribution in [3.05, 3.63) is 65.5 Å². The summed E-state index contributed by atoms with van der Waals surface area (Å²) in [4.78, 5) is 27.4. The Bertz CT molecular complexity index is 1210. The van der Waals surface area contributed by atoms with Gasteiger partial charge in [-0.25, -0.2) is 0 Å². The highest BCUT2D eigenvalue weighted by atomic mass is 32.2.